The van der Waals surface area contributed by atoms with Gasteiger partial charge in [-0.3, -0.25) is 0 Å². The number of aryl methyl sites for hydroxylation is 1. The Morgan fingerprint density at radius 1 is 1.42 bits per heavy atom. The Balaban J connectivity index is 1.95. The van der Waals surface area contributed by atoms with Crippen molar-refractivity contribution in [3.05, 3.63) is 29.3 Å². The van der Waals surface area contributed by atoms with Crippen molar-refractivity contribution < 1.29 is 9.68 Å². The highest BCUT2D eigenvalue weighted by Gasteiger charge is 2.34. The summed E-state index contributed by atoms with van der Waals surface area (Å²) in [6.07, 6.45) is 2.12. The molecule has 0 amide bonds. The first-order valence-electron chi connectivity index (χ1n) is 7.28. The van der Waals surface area contributed by atoms with Gasteiger partial charge in [0.15, 0.2) is 0 Å². The number of rotatable bonds is 6. The number of benzene rings is 1. The van der Waals surface area contributed by atoms with Crippen LogP contribution in [-0.4, -0.2) is 25.2 Å². The molecule has 0 aromatic heterocycles. The Morgan fingerprint density at radius 3 is 2.89 bits per heavy atom. The van der Waals surface area contributed by atoms with Crippen molar-refractivity contribution in [2.45, 2.75) is 39.7 Å². The van der Waals surface area contributed by atoms with Crippen molar-refractivity contribution >= 4 is 12.6 Å². The third kappa shape index (κ3) is 3.59. The summed E-state index contributed by atoms with van der Waals surface area (Å²) in [7, 11) is -0.765. The quantitative estimate of drug-likeness (QED) is 0.604. The van der Waals surface area contributed by atoms with Crippen LogP contribution >= 0.6 is 0 Å². The van der Waals surface area contributed by atoms with Crippen molar-refractivity contribution in [2.24, 2.45) is 5.92 Å². The molecule has 104 valence electrons. The van der Waals surface area contributed by atoms with Crippen LogP contribution in [0, 0.1) is 5.92 Å². The van der Waals surface area contributed by atoms with Gasteiger partial charge in [0.2, 0.25) is 0 Å². The highest BCUT2D eigenvalue weighted by Crippen LogP contribution is 2.23. The smallest absolute Gasteiger partial charge is 0.423 e. The molecule has 3 nitrogen and oxygen atoms in total. The maximum Gasteiger partial charge on any atom is 0.492 e. The van der Waals surface area contributed by atoms with Gasteiger partial charge < -0.3 is 15.0 Å². The van der Waals surface area contributed by atoms with Crippen LogP contribution < -0.4 is 10.8 Å². The maximum atomic E-state index is 9.97. The molecule has 2 N–H and O–H groups in total. The largest absolute Gasteiger partial charge is 0.492 e. The van der Waals surface area contributed by atoms with E-state index in [1.807, 2.05) is 0 Å². The molecule has 1 aliphatic heterocycles. The molecule has 1 aliphatic rings. The summed E-state index contributed by atoms with van der Waals surface area (Å²) < 4.78 is 5.63. The van der Waals surface area contributed by atoms with Gasteiger partial charge >= 0.3 is 7.12 Å². The zero-order valence-corrected chi connectivity index (χ0v) is 12.1. The average molecular weight is 261 g/mol. The Bertz CT molecular complexity index is 423. The maximum absolute atomic E-state index is 9.97. The molecule has 2 rings (SSSR count). The van der Waals surface area contributed by atoms with E-state index in [9.17, 15) is 5.02 Å². The van der Waals surface area contributed by atoms with Crippen LogP contribution in [-0.2, 0) is 11.1 Å². The first-order chi connectivity index (χ1) is 9.11. The third-order valence-electron chi connectivity index (χ3n) is 3.69. The van der Waals surface area contributed by atoms with E-state index in [1.165, 1.54) is 5.56 Å². The van der Waals surface area contributed by atoms with Gasteiger partial charge in [0.05, 0.1) is 6.10 Å². The van der Waals surface area contributed by atoms with E-state index in [4.69, 9.17) is 4.65 Å². The van der Waals surface area contributed by atoms with Crippen LogP contribution in [0.5, 0.6) is 0 Å². The fraction of sp³-hybridized carbons (Fsp3) is 0.600. The van der Waals surface area contributed by atoms with Crippen molar-refractivity contribution in [3.8, 4) is 0 Å². The topological polar surface area (TPSA) is 41.5 Å². The number of hydrogen-bond acceptors (Lipinski definition) is 3. The highest BCUT2D eigenvalue weighted by molar-refractivity contribution is 6.61. The van der Waals surface area contributed by atoms with Crippen LogP contribution in [0.1, 0.15) is 44.4 Å². The summed E-state index contributed by atoms with van der Waals surface area (Å²) in [4.78, 5) is 0. The van der Waals surface area contributed by atoms with Gasteiger partial charge in [0.25, 0.3) is 0 Å². The minimum Gasteiger partial charge on any atom is -0.423 e. The third-order valence-corrected chi connectivity index (χ3v) is 3.69. The molecule has 0 spiro atoms. The molecule has 0 bridgehead atoms. The van der Waals surface area contributed by atoms with E-state index >= 15 is 0 Å². The number of fused-ring (bicyclic) bond motifs is 1. The molecule has 1 aromatic rings. The molecule has 0 fully saturated rings. The van der Waals surface area contributed by atoms with Crippen molar-refractivity contribution in [3.63, 3.8) is 0 Å². The van der Waals surface area contributed by atoms with Gasteiger partial charge in [-0.05, 0) is 41.9 Å². The van der Waals surface area contributed by atoms with Crippen LogP contribution in [0.25, 0.3) is 0 Å². The van der Waals surface area contributed by atoms with Crippen LogP contribution in [0.3, 0.4) is 0 Å². The van der Waals surface area contributed by atoms with Crippen molar-refractivity contribution in [1.29, 1.82) is 0 Å². The SMILES string of the molecule is CCc1ccc2c(c1)B(O)OC2CNCCC(C)C. The summed E-state index contributed by atoms with van der Waals surface area (Å²) in [6, 6.07) is 6.29. The predicted octanol–water partition coefficient (Wildman–Crippen LogP) is 1.64. The minimum absolute atomic E-state index is 0.0249. The zero-order chi connectivity index (χ0) is 13.8. The molecule has 0 saturated carbocycles. The average Bonchev–Trinajstić information content (AvgIpc) is 2.71. The van der Waals surface area contributed by atoms with E-state index in [-0.39, 0.29) is 6.10 Å². The van der Waals surface area contributed by atoms with Crippen LogP contribution in [0.4, 0.5) is 0 Å². The standard InChI is InChI=1S/C15H24BNO2/c1-4-12-5-6-13-14(9-12)16(18)19-15(13)10-17-8-7-11(2)3/h5-6,9,11,15,17-18H,4,7-8,10H2,1-3H3. The van der Waals surface area contributed by atoms with Crippen molar-refractivity contribution in [2.75, 3.05) is 13.1 Å². The van der Waals surface area contributed by atoms with E-state index in [1.54, 1.807) is 0 Å². The fourth-order valence-electron chi connectivity index (χ4n) is 2.44. The summed E-state index contributed by atoms with van der Waals surface area (Å²) in [6.45, 7) is 8.32. The predicted molar refractivity (Wildman–Crippen MR) is 79.6 cm³/mol. The van der Waals surface area contributed by atoms with Gasteiger partial charge in [-0.2, -0.15) is 0 Å². The number of hydrogen-bond donors (Lipinski definition) is 2. The van der Waals surface area contributed by atoms with E-state index in [2.05, 4.69) is 44.3 Å². The highest BCUT2D eigenvalue weighted by atomic mass is 16.5. The normalized spacial score (nSPS) is 18.2. The molecule has 1 atom stereocenters. The lowest BCUT2D eigenvalue weighted by Crippen LogP contribution is -2.28. The Kier molecular flexibility index (Phi) is 5.02. The second-order valence-electron chi connectivity index (χ2n) is 5.68. The second-order valence-corrected chi connectivity index (χ2v) is 5.68. The second kappa shape index (κ2) is 6.55. The molecule has 0 radical (unpaired) electrons. The summed E-state index contributed by atoms with van der Waals surface area (Å²) in [5.74, 6) is 0.710. The lowest BCUT2D eigenvalue weighted by molar-refractivity contribution is 0.186. The van der Waals surface area contributed by atoms with Gasteiger partial charge in [0.1, 0.15) is 0 Å². The van der Waals surface area contributed by atoms with E-state index in [0.29, 0.717) is 5.92 Å². The van der Waals surface area contributed by atoms with Crippen LogP contribution in [0.15, 0.2) is 18.2 Å². The van der Waals surface area contributed by atoms with E-state index < -0.39 is 7.12 Å². The van der Waals surface area contributed by atoms with Gasteiger partial charge in [-0.25, -0.2) is 0 Å². The molecule has 4 heteroatoms. The van der Waals surface area contributed by atoms with Gasteiger partial charge in [-0.1, -0.05) is 39.0 Å². The molecule has 19 heavy (non-hydrogen) atoms. The zero-order valence-electron chi connectivity index (χ0n) is 12.1. The fourth-order valence-corrected chi connectivity index (χ4v) is 2.44. The van der Waals surface area contributed by atoms with Gasteiger partial charge in [0, 0.05) is 6.54 Å². The summed E-state index contributed by atoms with van der Waals surface area (Å²) >= 11 is 0. The molecular formula is C15H24BNO2. The first-order valence-corrected chi connectivity index (χ1v) is 7.28. The molecule has 1 aromatic carbocycles. The van der Waals surface area contributed by atoms with Crippen LogP contribution in [0.2, 0.25) is 0 Å². The first kappa shape index (κ1) is 14.6. The molecule has 1 unspecified atom stereocenters. The van der Waals surface area contributed by atoms with E-state index in [0.717, 1.165) is 37.0 Å². The summed E-state index contributed by atoms with van der Waals surface area (Å²) in [5.41, 5.74) is 3.31. The van der Waals surface area contributed by atoms with Crippen molar-refractivity contribution in [1.82, 2.24) is 5.32 Å². The number of nitrogens with one attached hydrogen (secondary N) is 1. The minimum atomic E-state index is -0.765. The molecule has 0 aliphatic carbocycles. The Morgan fingerprint density at radius 2 is 2.21 bits per heavy atom. The lowest BCUT2D eigenvalue weighted by atomic mass is 9.78. The lowest BCUT2D eigenvalue weighted by Gasteiger charge is -2.14. The Hall–Kier alpha value is -0.835. The Labute approximate surface area is 116 Å². The molecular weight excluding hydrogens is 237 g/mol. The monoisotopic (exact) mass is 261 g/mol. The molecule has 1 heterocycles. The molecule has 0 saturated heterocycles. The summed E-state index contributed by atoms with van der Waals surface area (Å²) in [5, 5.41) is 13.4. The van der Waals surface area contributed by atoms with Gasteiger partial charge in [-0.15, -0.1) is 0 Å².